The van der Waals surface area contributed by atoms with Crippen LogP contribution in [0.15, 0.2) is 359 Å². The van der Waals surface area contributed by atoms with Gasteiger partial charge in [-0.05, 0) is 171 Å². The van der Waals surface area contributed by atoms with Gasteiger partial charge in [0.25, 0.3) is 0 Å². The van der Waals surface area contributed by atoms with Gasteiger partial charge in [-0.25, -0.2) is 28.7 Å². The Balaban J connectivity index is 0.000000120. The molecule has 0 saturated carbocycles. The molecule has 135 heavy (non-hydrogen) atoms. The molecular formula is C104H71F6Ir3N22-3. The van der Waals surface area contributed by atoms with Gasteiger partial charge in [0.2, 0.25) is 5.69 Å². The first-order valence-corrected chi connectivity index (χ1v) is 41.5. The summed E-state index contributed by atoms with van der Waals surface area (Å²) in [6.45, 7) is 1.94. The summed E-state index contributed by atoms with van der Waals surface area (Å²) in [7, 11) is 5.43. The Labute approximate surface area is 807 Å². The van der Waals surface area contributed by atoms with Gasteiger partial charge in [-0.3, -0.25) is 35.0 Å². The molecule has 31 heteroatoms. The van der Waals surface area contributed by atoms with Crippen molar-refractivity contribution in [3.63, 3.8) is 0 Å². The van der Waals surface area contributed by atoms with E-state index >= 15 is 0 Å². The molecule has 22 nitrogen and oxygen atoms in total. The zero-order chi connectivity index (χ0) is 90.4. The molecule has 3 radical (unpaired) electrons. The topological polar surface area (TPSA) is 236 Å². The van der Waals surface area contributed by atoms with Crippen molar-refractivity contribution in [3.8, 4) is 85.1 Å². The minimum Gasteiger partial charge on any atom is -0.570 e. The fraction of sp³-hybridized carbons (Fsp3) is 0.0577. The molecule has 0 N–H and O–H groups in total. The summed E-state index contributed by atoms with van der Waals surface area (Å²) < 4.78 is 85.9. The largest absolute Gasteiger partial charge is 0.570 e. The number of alkyl halides is 6. The van der Waals surface area contributed by atoms with Gasteiger partial charge in [-0.15, -0.1) is 71.3 Å². The molecule has 669 valence electrons. The van der Waals surface area contributed by atoms with E-state index in [9.17, 15) is 26.3 Å². The molecule has 0 spiro atoms. The molecule has 0 fully saturated rings. The standard InChI is InChI=1S/3C25H15N4.C10H8F3N3.C10H11N3.C9H7F3N4.3Ir/c3*1-2-7-17(8-3-1)29-22-11-5-4-9-19(22)24-18(10-6-12-23(24)29)20-13-14-21-25(28-20)27-16-15-26-21;1-16-5-3-2-4-8(16)7-6-9(15-14-7)10(11,12)13;1-8-7-9(12-11-8)10-5-3-4-6-13(10)2;1-16-5-3-2-4-6(16)7-13-8(15-14-7)9(10,11)12;;;/h3*1-9,11-16H;2-6H,1H3;3-7H,1-2H3;2-5H,1H3;;;/q3*-1;;;;;;. The van der Waals surface area contributed by atoms with Crippen molar-refractivity contribution < 1.29 is 100 Å². The average Bonchev–Trinajstić information content (AvgIpc) is 1.59. The van der Waals surface area contributed by atoms with Crippen LogP contribution in [0.2, 0.25) is 0 Å². The molecule has 0 atom stereocenters. The van der Waals surface area contributed by atoms with Gasteiger partial charge >= 0.3 is 12.4 Å². The SMILES string of the molecule is C[n+]1ccccc1-c1cc(C(F)(F)F)n[n-]1.C[n+]1ccccc1-c1nc(C(F)(F)F)n[n-]1.Cc1cc(-c2cccc[n+]2C)[n-]n1.[Ir].[Ir].[Ir].[c-]1ccc2c(c1-c1ccc3nccnc3n1)c1ccccc1n2-c1ccccc1.[c-]1ccc2c(c1-c1ccc3nccnc3n1)c1ccccc1n2-c1ccccc1.[c-]1ccc2c(c1-c1ccc3nccnc3n1)c1ccccc1n2-c1ccccc1. The first kappa shape index (κ1) is 92.7. The number of hydrogen-bond acceptors (Lipinski definition) is 13. The number of fused-ring (bicyclic) bond motifs is 12. The van der Waals surface area contributed by atoms with Crippen LogP contribution in [0.1, 0.15) is 17.2 Å². The van der Waals surface area contributed by atoms with Crippen molar-refractivity contribution in [3.05, 3.63) is 395 Å². The monoisotopic (exact) mass is 2320 g/mol. The number of aryl methyl sites for hydroxylation is 4. The number of aromatic nitrogens is 22. The number of halogens is 6. The van der Waals surface area contributed by atoms with E-state index in [0.717, 1.165) is 140 Å². The number of pyridine rings is 6. The van der Waals surface area contributed by atoms with Crippen LogP contribution in [-0.2, 0) is 93.8 Å². The van der Waals surface area contributed by atoms with Crippen molar-refractivity contribution in [2.24, 2.45) is 21.1 Å². The van der Waals surface area contributed by atoms with Crippen molar-refractivity contribution >= 4 is 98.9 Å². The van der Waals surface area contributed by atoms with Crippen molar-refractivity contribution in [2.75, 3.05) is 0 Å². The third kappa shape index (κ3) is 19.4. The second-order valence-corrected chi connectivity index (χ2v) is 30.2. The van der Waals surface area contributed by atoms with E-state index in [1.165, 1.54) is 16.2 Å². The summed E-state index contributed by atoms with van der Waals surface area (Å²) in [4.78, 5) is 43.8. The third-order valence-electron chi connectivity index (χ3n) is 21.8. The number of benzene rings is 9. The predicted octanol–water partition coefficient (Wildman–Crippen LogP) is 20.1. The van der Waals surface area contributed by atoms with Crippen LogP contribution in [0.4, 0.5) is 26.3 Å². The zero-order valence-electron chi connectivity index (χ0n) is 71.7. The maximum atomic E-state index is 12.3. The van der Waals surface area contributed by atoms with Crippen LogP contribution in [0.5, 0.6) is 0 Å². The van der Waals surface area contributed by atoms with Crippen molar-refractivity contribution in [1.29, 1.82) is 0 Å². The van der Waals surface area contributed by atoms with Gasteiger partial charge in [0.1, 0.15) is 49.2 Å². The molecule has 0 aliphatic heterocycles. The Hall–Kier alpha value is -15.6. The third-order valence-corrected chi connectivity index (χ3v) is 21.8. The van der Waals surface area contributed by atoms with E-state index in [1.54, 1.807) is 109 Å². The van der Waals surface area contributed by atoms with Crippen LogP contribution >= 0.6 is 0 Å². The van der Waals surface area contributed by atoms with Crippen LogP contribution in [0.25, 0.3) is 184 Å². The van der Waals surface area contributed by atoms with Gasteiger partial charge in [-0.1, -0.05) is 144 Å². The molecule has 0 amide bonds. The van der Waals surface area contributed by atoms with Crippen LogP contribution in [0, 0.1) is 25.1 Å². The van der Waals surface area contributed by atoms with Crippen LogP contribution in [0.3, 0.4) is 0 Å². The normalized spacial score (nSPS) is 11.2. The van der Waals surface area contributed by atoms with Gasteiger partial charge < -0.3 is 44.2 Å². The zero-order valence-corrected chi connectivity index (χ0v) is 78.9. The molecule has 15 aromatic heterocycles. The molecule has 0 bridgehead atoms. The van der Waals surface area contributed by atoms with E-state index in [4.69, 9.17) is 15.0 Å². The summed E-state index contributed by atoms with van der Waals surface area (Å²) in [5, 5.41) is 28.1. The fourth-order valence-corrected chi connectivity index (χ4v) is 15.9. The second kappa shape index (κ2) is 40.6. The van der Waals surface area contributed by atoms with E-state index in [-0.39, 0.29) is 71.8 Å². The maximum absolute atomic E-state index is 12.3. The Morgan fingerprint density at radius 1 is 0.311 bits per heavy atom. The van der Waals surface area contributed by atoms with E-state index < -0.39 is 23.9 Å². The number of rotatable bonds is 9. The van der Waals surface area contributed by atoms with Crippen LogP contribution < -0.4 is 29.0 Å². The van der Waals surface area contributed by atoms with Crippen LogP contribution in [-0.4, -0.2) is 78.8 Å². The quantitative estimate of drug-likeness (QED) is 0.0742. The Bertz CT molecular complexity index is 7670. The molecule has 24 aromatic rings. The fourth-order valence-electron chi connectivity index (χ4n) is 15.9. The minimum absolute atomic E-state index is 0. The van der Waals surface area contributed by atoms with Gasteiger partial charge in [0.15, 0.2) is 46.9 Å². The van der Waals surface area contributed by atoms with Gasteiger partial charge in [-0.2, -0.15) is 26.3 Å². The molecule has 24 rings (SSSR count). The summed E-state index contributed by atoms with van der Waals surface area (Å²) in [6, 6.07) is 110. The molecule has 0 saturated heterocycles. The van der Waals surface area contributed by atoms with Gasteiger partial charge in [0, 0.05) is 179 Å². The molecular weight excluding hydrogens is 2250 g/mol. The van der Waals surface area contributed by atoms with E-state index in [1.807, 2.05) is 122 Å². The molecule has 9 aromatic carbocycles. The second-order valence-electron chi connectivity index (χ2n) is 30.2. The number of nitrogens with zero attached hydrogens (tertiary/aromatic N) is 22. The predicted molar refractivity (Wildman–Crippen MR) is 493 cm³/mol. The summed E-state index contributed by atoms with van der Waals surface area (Å²) in [6.07, 6.45) is 6.49. The van der Waals surface area contributed by atoms with E-state index in [2.05, 4.69) is 261 Å². The number of para-hydroxylation sites is 6. The first-order chi connectivity index (χ1) is 64.4. The Morgan fingerprint density at radius 3 is 0.978 bits per heavy atom. The molecule has 0 unspecified atom stereocenters. The molecule has 0 aliphatic rings. The smallest absolute Gasteiger partial charge is 0.431 e. The van der Waals surface area contributed by atoms with Gasteiger partial charge in [0.05, 0.1) is 0 Å². The van der Waals surface area contributed by atoms with E-state index in [0.29, 0.717) is 28.3 Å². The van der Waals surface area contributed by atoms with Crippen molar-refractivity contribution in [2.45, 2.75) is 19.3 Å². The Morgan fingerprint density at radius 2 is 0.644 bits per heavy atom. The summed E-state index contributed by atoms with van der Waals surface area (Å²) in [5.41, 5.74) is 23.3. The summed E-state index contributed by atoms with van der Waals surface area (Å²) in [5.74, 6) is -1.25. The molecule has 0 aliphatic carbocycles. The molecule has 15 heterocycles. The van der Waals surface area contributed by atoms with Crippen molar-refractivity contribution in [1.82, 2.24) is 94.1 Å². The average molecular weight is 2320 g/mol. The maximum Gasteiger partial charge on any atom is 0.431 e. The Kier molecular flexibility index (Phi) is 27.9. The number of hydrogen-bond donors (Lipinski definition) is 0. The minimum atomic E-state index is -4.56. The first-order valence-electron chi connectivity index (χ1n) is 41.5. The summed E-state index contributed by atoms with van der Waals surface area (Å²) >= 11 is 0.